The summed E-state index contributed by atoms with van der Waals surface area (Å²) >= 11 is 0. The minimum absolute atomic E-state index is 0.156. The number of hydrogen-bond acceptors (Lipinski definition) is 2. The van der Waals surface area contributed by atoms with Gasteiger partial charge in [0.25, 0.3) is 0 Å². The zero-order chi connectivity index (χ0) is 12.8. The number of rotatable bonds is 6. The highest BCUT2D eigenvalue weighted by Gasteiger charge is 2.04. The molecule has 17 heavy (non-hydrogen) atoms. The molecule has 0 amide bonds. The van der Waals surface area contributed by atoms with E-state index in [4.69, 9.17) is 9.84 Å². The molecule has 0 saturated carbocycles. The fourth-order valence-corrected chi connectivity index (χ4v) is 1.60. The van der Waals surface area contributed by atoms with E-state index >= 15 is 0 Å². The van der Waals surface area contributed by atoms with Crippen LogP contribution in [-0.2, 0) is 4.79 Å². The molecule has 0 unspecified atom stereocenters. The van der Waals surface area contributed by atoms with Crippen molar-refractivity contribution in [2.24, 2.45) is 0 Å². The molecule has 0 spiro atoms. The van der Waals surface area contributed by atoms with Crippen LogP contribution in [0.4, 0.5) is 0 Å². The lowest BCUT2D eigenvalue weighted by Crippen LogP contribution is -2.03. The van der Waals surface area contributed by atoms with Gasteiger partial charge in [-0.2, -0.15) is 0 Å². The number of carboxylic acids is 1. The van der Waals surface area contributed by atoms with Gasteiger partial charge in [-0.25, -0.2) is 0 Å². The van der Waals surface area contributed by atoms with Gasteiger partial charge in [0.1, 0.15) is 5.75 Å². The van der Waals surface area contributed by atoms with E-state index < -0.39 is 5.97 Å². The van der Waals surface area contributed by atoms with Crippen molar-refractivity contribution in [1.82, 2.24) is 0 Å². The van der Waals surface area contributed by atoms with Crippen molar-refractivity contribution in [2.45, 2.75) is 39.5 Å². The lowest BCUT2D eigenvalue weighted by atomic mass is 10.0. The highest BCUT2D eigenvalue weighted by atomic mass is 16.5. The monoisotopic (exact) mass is 236 g/mol. The van der Waals surface area contributed by atoms with Crippen molar-refractivity contribution in [1.29, 1.82) is 0 Å². The molecule has 0 aromatic heterocycles. The van der Waals surface area contributed by atoms with Crippen molar-refractivity contribution >= 4 is 5.97 Å². The van der Waals surface area contributed by atoms with Crippen LogP contribution in [0.3, 0.4) is 0 Å². The van der Waals surface area contributed by atoms with Crippen LogP contribution >= 0.6 is 0 Å². The maximum Gasteiger partial charge on any atom is 0.303 e. The van der Waals surface area contributed by atoms with Crippen LogP contribution in [0.5, 0.6) is 5.75 Å². The molecular formula is C14H20O3. The summed E-state index contributed by atoms with van der Waals surface area (Å²) in [6.45, 7) is 6.77. The van der Waals surface area contributed by atoms with Gasteiger partial charge in [0, 0.05) is 6.42 Å². The van der Waals surface area contributed by atoms with E-state index in [-0.39, 0.29) is 6.42 Å². The third-order valence-electron chi connectivity index (χ3n) is 2.66. The Balaban J connectivity index is 2.52. The van der Waals surface area contributed by atoms with Gasteiger partial charge in [-0.15, -0.1) is 0 Å². The number of hydrogen-bond donors (Lipinski definition) is 1. The Morgan fingerprint density at radius 1 is 1.41 bits per heavy atom. The molecule has 3 heteroatoms. The second-order valence-corrected chi connectivity index (χ2v) is 4.53. The topological polar surface area (TPSA) is 46.5 Å². The van der Waals surface area contributed by atoms with Gasteiger partial charge >= 0.3 is 5.97 Å². The summed E-state index contributed by atoms with van der Waals surface area (Å²) in [5.41, 5.74) is 2.40. The summed E-state index contributed by atoms with van der Waals surface area (Å²) in [6, 6.07) is 6.15. The summed E-state index contributed by atoms with van der Waals surface area (Å²) in [5, 5.41) is 8.51. The molecule has 0 aliphatic rings. The Labute approximate surface area is 102 Å². The third kappa shape index (κ3) is 4.47. The van der Waals surface area contributed by atoms with Gasteiger partial charge in [-0.05, 0) is 36.5 Å². The summed E-state index contributed by atoms with van der Waals surface area (Å²) in [7, 11) is 0. The van der Waals surface area contributed by atoms with Crippen LogP contribution in [0.15, 0.2) is 18.2 Å². The molecule has 1 aromatic rings. The Kier molecular flexibility index (Phi) is 5.01. The summed E-state index contributed by atoms with van der Waals surface area (Å²) in [6.07, 6.45) is 0.698. The van der Waals surface area contributed by atoms with E-state index in [1.165, 1.54) is 5.56 Å². The van der Waals surface area contributed by atoms with Crippen LogP contribution in [-0.4, -0.2) is 17.7 Å². The minimum atomic E-state index is -0.777. The SMILES string of the molecule is Cc1cc(C(C)C)ccc1OCCCC(=O)O. The standard InChI is InChI=1S/C14H20O3/c1-10(2)12-6-7-13(11(3)9-12)17-8-4-5-14(15)16/h6-7,9-10H,4-5,8H2,1-3H3,(H,15,16). The van der Waals surface area contributed by atoms with Crippen LogP contribution in [0, 0.1) is 6.92 Å². The maximum atomic E-state index is 10.3. The third-order valence-corrected chi connectivity index (χ3v) is 2.66. The molecule has 0 saturated heterocycles. The van der Waals surface area contributed by atoms with Gasteiger partial charge in [0.2, 0.25) is 0 Å². The maximum absolute atomic E-state index is 10.3. The fourth-order valence-electron chi connectivity index (χ4n) is 1.60. The van der Waals surface area contributed by atoms with Gasteiger partial charge in [0.05, 0.1) is 6.61 Å². The van der Waals surface area contributed by atoms with Crippen LogP contribution in [0.25, 0.3) is 0 Å². The Morgan fingerprint density at radius 2 is 2.12 bits per heavy atom. The highest BCUT2D eigenvalue weighted by molar-refractivity contribution is 5.66. The van der Waals surface area contributed by atoms with Crippen molar-refractivity contribution in [3.05, 3.63) is 29.3 Å². The van der Waals surface area contributed by atoms with E-state index in [1.807, 2.05) is 13.0 Å². The zero-order valence-corrected chi connectivity index (χ0v) is 10.7. The summed E-state index contributed by atoms with van der Waals surface area (Å²) in [5.74, 6) is 0.579. The molecule has 94 valence electrons. The van der Waals surface area contributed by atoms with E-state index in [2.05, 4.69) is 26.0 Å². The lowest BCUT2D eigenvalue weighted by Gasteiger charge is -2.12. The highest BCUT2D eigenvalue weighted by Crippen LogP contribution is 2.23. The molecule has 3 nitrogen and oxygen atoms in total. The van der Waals surface area contributed by atoms with E-state index in [0.29, 0.717) is 18.9 Å². The molecule has 0 bridgehead atoms. The van der Waals surface area contributed by atoms with E-state index in [0.717, 1.165) is 11.3 Å². The number of aliphatic carboxylic acids is 1. The number of benzene rings is 1. The molecule has 0 heterocycles. The second kappa shape index (κ2) is 6.28. The first-order valence-corrected chi connectivity index (χ1v) is 5.96. The molecule has 0 aliphatic carbocycles. The molecule has 0 atom stereocenters. The van der Waals surface area contributed by atoms with Crippen LogP contribution in [0.2, 0.25) is 0 Å². The Bertz CT molecular complexity index is 383. The molecule has 1 aromatic carbocycles. The fraction of sp³-hybridized carbons (Fsp3) is 0.500. The normalized spacial score (nSPS) is 10.6. The van der Waals surface area contributed by atoms with Crippen LogP contribution in [0.1, 0.15) is 43.7 Å². The zero-order valence-electron chi connectivity index (χ0n) is 10.7. The van der Waals surface area contributed by atoms with Crippen molar-refractivity contribution in [3.63, 3.8) is 0 Å². The summed E-state index contributed by atoms with van der Waals surface area (Å²) in [4.78, 5) is 10.3. The number of aryl methyl sites for hydroxylation is 1. The van der Waals surface area contributed by atoms with Crippen molar-refractivity contribution in [2.75, 3.05) is 6.61 Å². The first-order chi connectivity index (χ1) is 8.00. The predicted octanol–water partition coefficient (Wildman–Crippen LogP) is 3.36. The summed E-state index contributed by atoms with van der Waals surface area (Å²) < 4.78 is 5.56. The molecular weight excluding hydrogens is 216 g/mol. The molecule has 0 fully saturated rings. The van der Waals surface area contributed by atoms with Gasteiger partial charge in [-0.1, -0.05) is 26.0 Å². The minimum Gasteiger partial charge on any atom is -0.493 e. The molecule has 0 radical (unpaired) electrons. The Morgan fingerprint density at radius 3 is 2.65 bits per heavy atom. The Hall–Kier alpha value is -1.51. The molecule has 1 N–H and O–H groups in total. The number of carbonyl (C=O) groups is 1. The second-order valence-electron chi connectivity index (χ2n) is 4.53. The van der Waals surface area contributed by atoms with Crippen molar-refractivity contribution in [3.8, 4) is 5.75 Å². The predicted molar refractivity (Wildman–Crippen MR) is 67.6 cm³/mol. The van der Waals surface area contributed by atoms with E-state index in [1.54, 1.807) is 0 Å². The first kappa shape index (κ1) is 13.6. The van der Waals surface area contributed by atoms with Crippen molar-refractivity contribution < 1.29 is 14.6 Å². The number of carboxylic acid groups (broad SMARTS) is 1. The average Bonchev–Trinajstić information content (AvgIpc) is 2.25. The largest absolute Gasteiger partial charge is 0.493 e. The first-order valence-electron chi connectivity index (χ1n) is 5.96. The molecule has 1 rings (SSSR count). The van der Waals surface area contributed by atoms with Crippen LogP contribution < -0.4 is 4.74 Å². The van der Waals surface area contributed by atoms with E-state index in [9.17, 15) is 4.79 Å². The van der Waals surface area contributed by atoms with Gasteiger partial charge in [-0.3, -0.25) is 4.79 Å². The average molecular weight is 236 g/mol. The number of ether oxygens (including phenoxy) is 1. The van der Waals surface area contributed by atoms with Gasteiger partial charge < -0.3 is 9.84 Å². The smallest absolute Gasteiger partial charge is 0.303 e. The lowest BCUT2D eigenvalue weighted by molar-refractivity contribution is -0.137. The molecule has 0 aliphatic heterocycles. The quantitative estimate of drug-likeness (QED) is 0.770. The van der Waals surface area contributed by atoms with Gasteiger partial charge in [0.15, 0.2) is 0 Å².